The van der Waals surface area contributed by atoms with Crippen LogP contribution < -0.4 is 14.8 Å². The molecule has 9 nitrogen and oxygen atoms in total. The predicted octanol–water partition coefficient (Wildman–Crippen LogP) is 8.39. The monoisotopic (exact) mass is 728 g/mol. The molecule has 3 heterocycles. The van der Waals surface area contributed by atoms with E-state index >= 15 is 0 Å². The first-order chi connectivity index (χ1) is 24.0. The fourth-order valence-electron chi connectivity index (χ4n) is 6.15. The number of fused-ring (bicyclic) bond motifs is 1. The zero-order chi connectivity index (χ0) is 36.5. The largest absolute Gasteiger partial charge is 0.573 e. The summed E-state index contributed by atoms with van der Waals surface area (Å²) in [6, 6.07) is 16.9. The van der Waals surface area contributed by atoms with E-state index in [2.05, 4.69) is 14.9 Å². The minimum atomic E-state index is -5.01. The number of hydrogen-bond acceptors (Lipinski definition) is 6. The Morgan fingerprint density at radius 3 is 2.27 bits per heavy atom. The highest BCUT2D eigenvalue weighted by Crippen LogP contribution is 2.48. The minimum Gasteiger partial charge on any atom is -0.497 e. The molecule has 266 valence electrons. The van der Waals surface area contributed by atoms with E-state index in [1.165, 1.54) is 37.3 Å². The van der Waals surface area contributed by atoms with Crippen LogP contribution >= 0.6 is 7.14 Å². The molecule has 0 amide bonds. The lowest BCUT2D eigenvalue weighted by atomic mass is 10.0. The van der Waals surface area contributed by atoms with E-state index in [-0.39, 0.29) is 35.0 Å². The molecule has 1 fully saturated rings. The third-order valence-electron chi connectivity index (χ3n) is 8.75. The fourth-order valence-corrected chi connectivity index (χ4v) is 7.01. The van der Waals surface area contributed by atoms with Crippen molar-refractivity contribution in [2.45, 2.75) is 37.8 Å². The van der Waals surface area contributed by atoms with Crippen molar-refractivity contribution in [3.63, 3.8) is 0 Å². The molecular weight excluding hydrogens is 697 g/mol. The van der Waals surface area contributed by atoms with Gasteiger partial charge in [-0.25, -0.2) is 9.67 Å². The lowest BCUT2D eigenvalue weighted by molar-refractivity contribution is -0.274. The van der Waals surface area contributed by atoms with E-state index in [1.807, 2.05) is 0 Å². The van der Waals surface area contributed by atoms with Gasteiger partial charge in [0.15, 0.2) is 5.82 Å². The van der Waals surface area contributed by atoms with Gasteiger partial charge in [0.25, 0.3) is 0 Å². The summed E-state index contributed by atoms with van der Waals surface area (Å²) in [6.07, 6.45) is -6.46. The van der Waals surface area contributed by atoms with Crippen LogP contribution in [-0.2, 0) is 24.3 Å². The SMILES string of the molecule is COc1ccc(Cn2nc(-n3cc4c(-c5nc(-c6ccc(P(C)(C)=O)cc6OC(F)(F)F)n(C)c5C5CC5)cccc4n3)cc2C(F)(F)F)cc1. The summed E-state index contributed by atoms with van der Waals surface area (Å²) in [5.41, 5.74) is 2.02. The summed E-state index contributed by atoms with van der Waals surface area (Å²) >= 11 is 0. The van der Waals surface area contributed by atoms with Crippen molar-refractivity contribution in [2.75, 3.05) is 20.4 Å². The van der Waals surface area contributed by atoms with Crippen LogP contribution in [0.15, 0.2) is 72.9 Å². The van der Waals surface area contributed by atoms with Crippen LogP contribution in [0.1, 0.15) is 35.7 Å². The van der Waals surface area contributed by atoms with E-state index in [4.69, 9.17) is 9.72 Å². The van der Waals surface area contributed by atoms with E-state index in [0.717, 1.165) is 35.4 Å². The summed E-state index contributed by atoms with van der Waals surface area (Å²) in [7, 11) is 0.279. The van der Waals surface area contributed by atoms with E-state index in [0.29, 0.717) is 33.5 Å². The molecule has 0 unspecified atom stereocenters. The summed E-state index contributed by atoms with van der Waals surface area (Å²) in [5.74, 6) is 0.272. The lowest BCUT2D eigenvalue weighted by Crippen LogP contribution is -2.19. The van der Waals surface area contributed by atoms with Crippen molar-refractivity contribution >= 4 is 23.3 Å². The molecule has 0 atom stereocenters. The first kappa shape index (κ1) is 34.4. The molecule has 51 heavy (non-hydrogen) atoms. The summed E-state index contributed by atoms with van der Waals surface area (Å²) in [5, 5.41) is 9.61. The molecule has 0 bridgehead atoms. The normalized spacial score (nSPS) is 14.0. The Morgan fingerprint density at radius 1 is 0.922 bits per heavy atom. The molecule has 3 aromatic heterocycles. The first-order valence-electron chi connectivity index (χ1n) is 15.8. The number of aromatic nitrogens is 6. The van der Waals surface area contributed by atoms with Gasteiger partial charge in [0.05, 0.1) is 30.4 Å². The zero-order valence-corrected chi connectivity index (χ0v) is 28.6. The quantitative estimate of drug-likeness (QED) is 0.110. The van der Waals surface area contributed by atoms with Crippen LogP contribution in [0.4, 0.5) is 26.3 Å². The Balaban J connectivity index is 1.33. The topological polar surface area (TPSA) is 89.0 Å². The molecule has 0 spiro atoms. The number of rotatable bonds is 9. The molecule has 0 saturated heterocycles. The molecule has 0 N–H and O–H groups in total. The van der Waals surface area contributed by atoms with Gasteiger partial charge in [-0.1, -0.05) is 30.3 Å². The Morgan fingerprint density at radius 2 is 1.65 bits per heavy atom. The van der Waals surface area contributed by atoms with E-state index < -0.39 is 31.1 Å². The molecule has 0 radical (unpaired) electrons. The van der Waals surface area contributed by atoms with Gasteiger partial charge in [-0.3, -0.25) is 4.68 Å². The van der Waals surface area contributed by atoms with Gasteiger partial charge >= 0.3 is 12.5 Å². The van der Waals surface area contributed by atoms with Gasteiger partial charge in [-0.15, -0.1) is 13.2 Å². The van der Waals surface area contributed by atoms with Crippen molar-refractivity contribution in [2.24, 2.45) is 7.05 Å². The van der Waals surface area contributed by atoms with Crippen LogP contribution in [0.2, 0.25) is 0 Å². The van der Waals surface area contributed by atoms with Gasteiger partial charge < -0.3 is 18.6 Å². The smallest absolute Gasteiger partial charge is 0.497 e. The molecule has 16 heteroatoms. The second-order valence-corrected chi connectivity index (χ2v) is 16.0. The van der Waals surface area contributed by atoms with Crippen molar-refractivity contribution < 1.29 is 40.4 Å². The fraction of sp³-hybridized carbons (Fsp3) is 0.286. The number of benzene rings is 3. The maximum absolute atomic E-state index is 14.2. The summed E-state index contributed by atoms with van der Waals surface area (Å²) in [4.78, 5) is 4.87. The number of ether oxygens (including phenoxy) is 2. The number of halogens is 6. The van der Waals surface area contributed by atoms with Gasteiger partial charge in [0.2, 0.25) is 0 Å². The molecule has 3 aromatic carbocycles. The van der Waals surface area contributed by atoms with Crippen molar-refractivity contribution in [1.29, 1.82) is 0 Å². The van der Waals surface area contributed by atoms with Crippen LogP contribution in [-0.4, -0.2) is 55.9 Å². The maximum Gasteiger partial charge on any atom is 0.573 e. The molecule has 7 rings (SSSR count). The van der Waals surface area contributed by atoms with Crippen molar-refractivity contribution in [3.8, 4) is 40.0 Å². The second-order valence-electron chi connectivity index (χ2n) is 12.8. The number of alkyl halides is 6. The zero-order valence-electron chi connectivity index (χ0n) is 27.7. The molecule has 1 aliphatic rings. The Labute approximate surface area is 287 Å². The standard InChI is InChI=1S/C35H31F6N6O3P/c1-45-32(21-10-11-21)31(42-33(45)25-15-14-23(51(3,4)48)16-28(25)50-35(39,40)41)24-6-5-7-27-26(24)19-47(43-27)30-17-29(34(36,37)38)46(44-30)18-20-8-12-22(49-2)13-9-20/h5-9,12-17,19,21H,10-11,18H2,1-4H3. The average molecular weight is 729 g/mol. The number of hydrogen-bond donors (Lipinski definition) is 0. The van der Waals surface area contributed by atoms with Gasteiger partial charge in [0.1, 0.15) is 30.2 Å². The first-order valence-corrected chi connectivity index (χ1v) is 18.4. The lowest BCUT2D eigenvalue weighted by Gasteiger charge is -2.16. The van der Waals surface area contributed by atoms with Gasteiger partial charge in [-0.2, -0.15) is 23.4 Å². The number of nitrogens with zero attached hydrogens (tertiary/aromatic N) is 6. The number of methoxy groups -OCH3 is 1. The highest BCUT2D eigenvalue weighted by molar-refractivity contribution is 7.70. The third-order valence-corrected chi connectivity index (χ3v) is 10.3. The van der Waals surface area contributed by atoms with Crippen molar-refractivity contribution in [1.82, 2.24) is 29.1 Å². The summed E-state index contributed by atoms with van der Waals surface area (Å²) < 4.78 is 110. The number of imidazole rings is 1. The summed E-state index contributed by atoms with van der Waals surface area (Å²) in [6.45, 7) is 2.76. The van der Waals surface area contributed by atoms with Crippen LogP contribution in [0.25, 0.3) is 39.4 Å². The maximum atomic E-state index is 14.2. The molecule has 6 aromatic rings. The Bertz CT molecular complexity index is 2310. The van der Waals surface area contributed by atoms with Crippen molar-refractivity contribution in [3.05, 3.63) is 89.9 Å². The van der Waals surface area contributed by atoms with E-state index in [9.17, 15) is 30.9 Å². The highest BCUT2D eigenvalue weighted by atomic mass is 31.2. The Kier molecular flexibility index (Phi) is 8.32. The van der Waals surface area contributed by atoms with Crippen LogP contribution in [0, 0.1) is 0 Å². The molecule has 0 aliphatic heterocycles. The Hall–Kier alpha value is -5.04. The van der Waals surface area contributed by atoms with Gasteiger partial charge in [0, 0.05) is 47.2 Å². The van der Waals surface area contributed by atoms with Crippen LogP contribution in [0.3, 0.4) is 0 Å². The molecule has 1 aliphatic carbocycles. The highest BCUT2D eigenvalue weighted by Gasteiger charge is 2.38. The average Bonchev–Trinajstić information content (AvgIpc) is 3.47. The molecule has 1 saturated carbocycles. The van der Waals surface area contributed by atoms with Gasteiger partial charge in [-0.05, 0) is 62.1 Å². The third kappa shape index (κ3) is 6.86. The van der Waals surface area contributed by atoms with E-state index in [1.54, 1.807) is 60.3 Å². The predicted molar refractivity (Wildman–Crippen MR) is 179 cm³/mol. The molecular formula is C35H31F6N6O3P. The van der Waals surface area contributed by atoms with Crippen LogP contribution in [0.5, 0.6) is 11.5 Å². The second kappa shape index (κ2) is 12.3. The minimum absolute atomic E-state index is 0.0553.